The Morgan fingerprint density at radius 2 is 1.70 bits per heavy atom. The zero-order valence-corrected chi connectivity index (χ0v) is 7.82. The second-order valence-corrected chi connectivity index (χ2v) is 2.62. The minimum atomic E-state index is 0.792. The van der Waals surface area contributed by atoms with Gasteiger partial charge in [0.05, 0.1) is 0 Å². The summed E-state index contributed by atoms with van der Waals surface area (Å²) in [4.78, 5) is 2.41. The van der Waals surface area contributed by atoms with Crippen LogP contribution in [0.4, 0.5) is 0 Å². The van der Waals surface area contributed by atoms with Gasteiger partial charge in [-0.05, 0) is 25.9 Å². The van der Waals surface area contributed by atoms with Gasteiger partial charge in [-0.3, -0.25) is 0 Å². The fraction of sp³-hybridized carbons (Fsp3) is 1.00. The molecule has 0 N–H and O–H groups in total. The van der Waals surface area contributed by atoms with E-state index >= 15 is 0 Å². The normalized spacial score (nSPS) is 18.3. The van der Waals surface area contributed by atoms with Crippen LogP contribution >= 0.6 is 11.6 Å². The van der Waals surface area contributed by atoms with Crippen LogP contribution in [0.3, 0.4) is 0 Å². The van der Waals surface area contributed by atoms with Gasteiger partial charge in [0.25, 0.3) is 0 Å². The lowest BCUT2D eigenvalue weighted by atomic mass is 10.4. The molecule has 1 heterocycles. The number of alkyl halides is 1. The Morgan fingerprint density at radius 3 is 2.10 bits per heavy atom. The molecule has 10 heavy (non-hydrogen) atoms. The molecule has 0 aliphatic carbocycles. The molecule has 0 radical (unpaired) electrons. The maximum atomic E-state index is 5.54. The lowest BCUT2D eigenvalue weighted by Crippen LogP contribution is -2.21. The lowest BCUT2D eigenvalue weighted by Gasteiger charge is -2.10. The number of rotatable bonds is 2. The van der Waals surface area contributed by atoms with Crippen molar-refractivity contribution in [3.05, 3.63) is 0 Å². The van der Waals surface area contributed by atoms with Crippen LogP contribution in [0, 0.1) is 0 Å². The summed E-state index contributed by atoms with van der Waals surface area (Å²) in [5.41, 5.74) is 0. The van der Waals surface area contributed by atoms with Gasteiger partial charge in [0.1, 0.15) is 0 Å². The number of halogens is 1. The van der Waals surface area contributed by atoms with Crippen LogP contribution in [-0.4, -0.2) is 30.4 Å². The maximum absolute atomic E-state index is 5.54. The fourth-order valence-corrected chi connectivity index (χ4v) is 1.36. The third-order valence-electron chi connectivity index (χ3n) is 1.60. The highest BCUT2D eigenvalue weighted by atomic mass is 35.5. The first kappa shape index (κ1) is 10.2. The van der Waals surface area contributed by atoms with E-state index in [9.17, 15) is 0 Å². The van der Waals surface area contributed by atoms with E-state index in [0.29, 0.717) is 0 Å². The molecule has 0 aromatic carbocycles. The van der Waals surface area contributed by atoms with Crippen molar-refractivity contribution < 1.29 is 0 Å². The molecule has 0 unspecified atom stereocenters. The standard InChI is InChI=1S/C6H12ClN.C2H6/c7-3-6-8-4-1-2-5-8;1-2/h1-6H2;1-2H3. The third kappa shape index (κ3) is 4.13. The van der Waals surface area contributed by atoms with Gasteiger partial charge >= 0.3 is 0 Å². The Bertz CT molecular complexity index is 60.3. The van der Waals surface area contributed by atoms with E-state index in [0.717, 1.165) is 12.4 Å². The average Bonchev–Trinajstić information content (AvgIpc) is 2.46. The van der Waals surface area contributed by atoms with E-state index in [1.54, 1.807) is 0 Å². The minimum absolute atomic E-state index is 0.792. The van der Waals surface area contributed by atoms with Crippen LogP contribution in [0.15, 0.2) is 0 Å². The van der Waals surface area contributed by atoms with E-state index in [2.05, 4.69) is 4.90 Å². The minimum Gasteiger partial charge on any atom is -0.302 e. The molecular weight excluding hydrogens is 146 g/mol. The highest BCUT2D eigenvalue weighted by Crippen LogP contribution is 2.05. The van der Waals surface area contributed by atoms with Crippen molar-refractivity contribution in [2.24, 2.45) is 0 Å². The molecule has 1 fully saturated rings. The highest BCUT2D eigenvalue weighted by Gasteiger charge is 2.08. The number of hydrogen-bond donors (Lipinski definition) is 0. The smallest absolute Gasteiger partial charge is 0.0351 e. The molecule has 0 amide bonds. The molecule has 0 bridgehead atoms. The molecule has 0 saturated carbocycles. The highest BCUT2D eigenvalue weighted by molar-refractivity contribution is 6.18. The lowest BCUT2D eigenvalue weighted by molar-refractivity contribution is 0.361. The van der Waals surface area contributed by atoms with E-state index in [1.165, 1.54) is 25.9 Å². The van der Waals surface area contributed by atoms with E-state index < -0.39 is 0 Å². The molecule has 62 valence electrons. The monoisotopic (exact) mass is 163 g/mol. The summed E-state index contributed by atoms with van der Waals surface area (Å²) < 4.78 is 0. The largest absolute Gasteiger partial charge is 0.302 e. The van der Waals surface area contributed by atoms with Crippen molar-refractivity contribution in [2.75, 3.05) is 25.5 Å². The Hall–Kier alpha value is 0.250. The Morgan fingerprint density at radius 1 is 1.20 bits per heavy atom. The van der Waals surface area contributed by atoms with Crippen molar-refractivity contribution in [1.82, 2.24) is 4.90 Å². The van der Waals surface area contributed by atoms with E-state index in [1.807, 2.05) is 13.8 Å². The maximum Gasteiger partial charge on any atom is 0.0351 e. The van der Waals surface area contributed by atoms with Gasteiger partial charge in [0.2, 0.25) is 0 Å². The van der Waals surface area contributed by atoms with Gasteiger partial charge in [-0.2, -0.15) is 0 Å². The van der Waals surface area contributed by atoms with Crippen LogP contribution in [-0.2, 0) is 0 Å². The number of nitrogens with zero attached hydrogens (tertiary/aromatic N) is 1. The van der Waals surface area contributed by atoms with Crippen molar-refractivity contribution in [1.29, 1.82) is 0 Å². The third-order valence-corrected chi connectivity index (χ3v) is 1.77. The van der Waals surface area contributed by atoms with E-state index in [-0.39, 0.29) is 0 Å². The molecule has 0 spiro atoms. The quantitative estimate of drug-likeness (QED) is 0.565. The van der Waals surface area contributed by atoms with Gasteiger partial charge in [-0.1, -0.05) is 13.8 Å². The first-order valence-electron chi connectivity index (χ1n) is 4.22. The van der Waals surface area contributed by atoms with Crippen LogP contribution in [0.5, 0.6) is 0 Å². The molecule has 0 atom stereocenters. The SMILES string of the molecule is CC.ClCCN1CCCC1. The molecule has 1 rings (SSSR count). The molecule has 1 aliphatic rings. The van der Waals surface area contributed by atoms with Crippen LogP contribution in [0.1, 0.15) is 26.7 Å². The Kier molecular flexibility index (Phi) is 7.54. The summed E-state index contributed by atoms with van der Waals surface area (Å²) in [6, 6.07) is 0. The summed E-state index contributed by atoms with van der Waals surface area (Å²) in [6.45, 7) is 7.63. The van der Waals surface area contributed by atoms with Gasteiger partial charge in [-0.25, -0.2) is 0 Å². The predicted molar refractivity (Wildman–Crippen MR) is 47.7 cm³/mol. The van der Waals surface area contributed by atoms with Crippen LogP contribution < -0.4 is 0 Å². The summed E-state index contributed by atoms with van der Waals surface area (Å²) in [5, 5.41) is 0. The molecule has 1 nitrogen and oxygen atoms in total. The summed E-state index contributed by atoms with van der Waals surface area (Å²) in [7, 11) is 0. The average molecular weight is 164 g/mol. The van der Waals surface area contributed by atoms with Gasteiger partial charge < -0.3 is 4.90 Å². The number of hydrogen-bond acceptors (Lipinski definition) is 1. The zero-order chi connectivity index (χ0) is 7.82. The van der Waals surface area contributed by atoms with E-state index in [4.69, 9.17) is 11.6 Å². The molecule has 1 aliphatic heterocycles. The second-order valence-electron chi connectivity index (χ2n) is 2.24. The first-order chi connectivity index (χ1) is 4.93. The molecular formula is C8H18ClN. The van der Waals surface area contributed by atoms with Crippen molar-refractivity contribution in [2.45, 2.75) is 26.7 Å². The predicted octanol–water partition coefficient (Wildman–Crippen LogP) is 2.35. The van der Waals surface area contributed by atoms with Gasteiger partial charge in [0.15, 0.2) is 0 Å². The summed E-state index contributed by atoms with van der Waals surface area (Å²) >= 11 is 5.54. The molecule has 1 saturated heterocycles. The van der Waals surface area contributed by atoms with Crippen molar-refractivity contribution >= 4 is 11.6 Å². The Labute approximate surface area is 69.4 Å². The Balaban J connectivity index is 0.000000371. The molecule has 0 aromatic rings. The van der Waals surface area contributed by atoms with Crippen LogP contribution in [0.2, 0.25) is 0 Å². The van der Waals surface area contributed by atoms with Crippen LogP contribution in [0.25, 0.3) is 0 Å². The van der Waals surface area contributed by atoms with Crippen molar-refractivity contribution in [3.8, 4) is 0 Å². The summed E-state index contributed by atoms with van der Waals surface area (Å²) in [6.07, 6.45) is 2.74. The van der Waals surface area contributed by atoms with Gasteiger partial charge in [0, 0.05) is 12.4 Å². The number of likely N-dealkylation sites (tertiary alicyclic amines) is 1. The first-order valence-corrected chi connectivity index (χ1v) is 4.75. The topological polar surface area (TPSA) is 3.24 Å². The molecule has 0 aromatic heterocycles. The van der Waals surface area contributed by atoms with Gasteiger partial charge in [-0.15, -0.1) is 11.6 Å². The zero-order valence-electron chi connectivity index (χ0n) is 7.07. The fourth-order valence-electron chi connectivity index (χ4n) is 1.13. The summed E-state index contributed by atoms with van der Waals surface area (Å²) in [5.74, 6) is 0.792. The molecule has 2 heteroatoms. The second kappa shape index (κ2) is 7.36. The van der Waals surface area contributed by atoms with Crippen molar-refractivity contribution in [3.63, 3.8) is 0 Å².